The number of para-hydroxylation sites is 1. The van der Waals surface area contributed by atoms with Gasteiger partial charge in [0.2, 0.25) is 0 Å². The second kappa shape index (κ2) is 5.20. The predicted molar refractivity (Wildman–Crippen MR) is 81.3 cm³/mol. The molecule has 0 spiro atoms. The number of rotatable bonds is 3. The summed E-state index contributed by atoms with van der Waals surface area (Å²) in [5.74, 6) is 2.64. The lowest BCUT2D eigenvalue weighted by Gasteiger charge is -2.21. The summed E-state index contributed by atoms with van der Waals surface area (Å²) in [4.78, 5) is 4.71. The van der Waals surface area contributed by atoms with Crippen LogP contribution in [0.5, 0.6) is 0 Å². The lowest BCUT2D eigenvalue weighted by molar-refractivity contribution is 0.391. The quantitative estimate of drug-likeness (QED) is 0.874. The van der Waals surface area contributed by atoms with E-state index < -0.39 is 0 Å². The number of anilines is 1. The number of hydrogen-bond donors (Lipinski definition) is 1. The Morgan fingerprint density at radius 2 is 2.00 bits per heavy atom. The maximum absolute atomic E-state index is 4.71. The number of fused-ring (bicyclic) bond motifs is 1. The van der Waals surface area contributed by atoms with E-state index in [1.165, 1.54) is 24.6 Å². The van der Waals surface area contributed by atoms with E-state index in [2.05, 4.69) is 49.5 Å². The van der Waals surface area contributed by atoms with E-state index in [1.807, 2.05) is 6.07 Å². The second-order valence-electron chi connectivity index (χ2n) is 5.74. The zero-order chi connectivity index (χ0) is 13.2. The molecule has 19 heavy (non-hydrogen) atoms. The van der Waals surface area contributed by atoms with Crippen LogP contribution in [-0.4, -0.2) is 11.0 Å². The molecule has 3 unspecified atom stereocenters. The van der Waals surface area contributed by atoms with Gasteiger partial charge in [-0.15, -0.1) is 0 Å². The van der Waals surface area contributed by atoms with Gasteiger partial charge in [-0.05, 0) is 42.9 Å². The van der Waals surface area contributed by atoms with E-state index in [4.69, 9.17) is 4.98 Å². The molecule has 3 atom stereocenters. The van der Waals surface area contributed by atoms with Crippen molar-refractivity contribution in [1.29, 1.82) is 0 Å². The van der Waals surface area contributed by atoms with E-state index in [0.717, 1.165) is 23.2 Å². The molecule has 2 aromatic rings. The van der Waals surface area contributed by atoms with Crippen LogP contribution in [0.2, 0.25) is 0 Å². The molecule has 2 heteroatoms. The molecule has 0 saturated heterocycles. The van der Waals surface area contributed by atoms with Crippen molar-refractivity contribution in [2.45, 2.75) is 39.2 Å². The van der Waals surface area contributed by atoms with Crippen molar-refractivity contribution in [2.75, 3.05) is 5.32 Å². The van der Waals surface area contributed by atoms with E-state index in [0.29, 0.717) is 6.04 Å². The van der Waals surface area contributed by atoms with Gasteiger partial charge in [-0.1, -0.05) is 38.5 Å². The Labute approximate surface area is 115 Å². The fourth-order valence-corrected chi connectivity index (χ4v) is 3.36. The summed E-state index contributed by atoms with van der Waals surface area (Å²) in [7, 11) is 0. The normalized spacial score (nSPS) is 26.7. The molecule has 2 nitrogen and oxygen atoms in total. The fourth-order valence-electron chi connectivity index (χ4n) is 3.36. The standard InChI is InChI=1S/C17H22N2/c1-3-13-8-10-15(12(13)2)18-17-11-9-14-6-4-5-7-16(14)19-17/h4-7,9,11-13,15H,3,8,10H2,1-2H3,(H,18,19). The Bertz CT molecular complexity index is 564. The smallest absolute Gasteiger partial charge is 0.126 e. The van der Waals surface area contributed by atoms with Crippen molar-refractivity contribution >= 4 is 16.7 Å². The van der Waals surface area contributed by atoms with E-state index >= 15 is 0 Å². The molecule has 0 bridgehead atoms. The molecule has 3 rings (SSSR count). The third kappa shape index (κ3) is 2.44. The highest BCUT2D eigenvalue weighted by atomic mass is 15.0. The second-order valence-corrected chi connectivity index (χ2v) is 5.74. The number of nitrogens with zero attached hydrogens (tertiary/aromatic N) is 1. The van der Waals surface area contributed by atoms with E-state index in [-0.39, 0.29) is 0 Å². The molecule has 1 N–H and O–H groups in total. The molecule has 100 valence electrons. The van der Waals surface area contributed by atoms with Gasteiger partial charge in [-0.3, -0.25) is 0 Å². The average Bonchev–Trinajstić information content (AvgIpc) is 2.79. The summed E-state index contributed by atoms with van der Waals surface area (Å²) in [5, 5.41) is 4.84. The minimum Gasteiger partial charge on any atom is -0.367 e. The molecule has 1 saturated carbocycles. The van der Waals surface area contributed by atoms with Crippen LogP contribution in [0.4, 0.5) is 5.82 Å². The van der Waals surface area contributed by atoms with Gasteiger partial charge in [0, 0.05) is 11.4 Å². The third-order valence-corrected chi connectivity index (χ3v) is 4.68. The van der Waals surface area contributed by atoms with E-state index in [1.54, 1.807) is 0 Å². The molecule has 0 aliphatic heterocycles. The molecular formula is C17H22N2. The molecule has 1 aromatic heterocycles. The topological polar surface area (TPSA) is 24.9 Å². The minimum absolute atomic E-state index is 0.582. The predicted octanol–water partition coefficient (Wildman–Crippen LogP) is 4.47. The van der Waals surface area contributed by atoms with E-state index in [9.17, 15) is 0 Å². The first-order valence-electron chi connectivity index (χ1n) is 7.40. The number of aromatic nitrogens is 1. The van der Waals surface area contributed by atoms with Crippen molar-refractivity contribution in [3.8, 4) is 0 Å². The molecule has 1 aromatic carbocycles. The van der Waals surface area contributed by atoms with Gasteiger partial charge >= 0.3 is 0 Å². The first kappa shape index (κ1) is 12.5. The molecule has 1 heterocycles. The van der Waals surface area contributed by atoms with Crippen LogP contribution in [0.15, 0.2) is 36.4 Å². The van der Waals surface area contributed by atoms with Gasteiger partial charge in [-0.2, -0.15) is 0 Å². The van der Waals surface area contributed by atoms with Crippen molar-refractivity contribution in [3.05, 3.63) is 36.4 Å². The van der Waals surface area contributed by atoms with Gasteiger partial charge in [0.1, 0.15) is 5.82 Å². The SMILES string of the molecule is CCC1CCC(Nc2ccc3ccccc3n2)C1C. The zero-order valence-electron chi connectivity index (χ0n) is 11.8. The summed E-state index contributed by atoms with van der Waals surface area (Å²) in [6.07, 6.45) is 3.92. The van der Waals surface area contributed by atoms with Gasteiger partial charge in [0.05, 0.1) is 5.52 Å². The van der Waals surface area contributed by atoms with Crippen molar-refractivity contribution in [1.82, 2.24) is 4.98 Å². The maximum Gasteiger partial charge on any atom is 0.126 e. The molecule has 0 amide bonds. The summed E-state index contributed by atoms with van der Waals surface area (Å²) in [6.45, 7) is 4.68. The molecule has 0 radical (unpaired) electrons. The number of pyridine rings is 1. The highest BCUT2D eigenvalue weighted by molar-refractivity contribution is 5.80. The maximum atomic E-state index is 4.71. The number of hydrogen-bond acceptors (Lipinski definition) is 2. The summed E-state index contributed by atoms with van der Waals surface area (Å²) >= 11 is 0. The Morgan fingerprint density at radius 3 is 2.79 bits per heavy atom. The summed E-state index contributed by atoms with van der Waals surface area (Å²) in [6, 6.07) is 13.1. The zero-order valence-corrected chi connectivity index (χ0v) is 11.8. The lowest BCUT2D eigenvalue weighted by Crippen LogP contribution is -2.25. The molecule has 1 aliphatic carbocycles. The van der Waals surface area contributed by atoms with Crippen molar-refractivity contribution in [2.24, 2.45) is 11.8 Å². The van der Waals surface area contributed by atoms with Crippen LogP contribution in [0, 0.1) is 11.8 Å². The highest BCUT2D eigenvalue weighted by Gasteiger charge is 2.31. The van der Waals surface area contributed by atoms with Crippen LogP contribution < -0.4 is 5.32 Å². The summed E-state index contributed by atoms with van der Waals surface area (Å²) in [5.41, 5.74) is 1.07. The van der Waals surface area contributed by atoms with Gasteiger partial charge < -0.3 is 5.32 Å². The van der Waals surface area contributed by atoms with Crippen LogP contribution in [-0.2, 0) is 0 Å². The van der Waals surface area contributed by atoms with Crippen LogP contribution in [0.1, 0.15) is 33.1 Å². The van der Waals surface area contributed by atoms with Gasteiger partial charge in [0.25, 0.3) is 0 Å². The Kier molecular flexibility index (Phi) is 3.41. The van der Waals surface area contributed by atoms with Crippen LogP contribution in [0.25, 0.3) is 10.9 Å². The Balaban J connectivity index is 1.78. The Hall–Kier alpha value is -1.57. The minimum atomic E-state index is 0.582. The largest absolute Gasteiger partial charge is 0.367 e. The number of benzene rings is 1. The highest BCUT2D eigenvalue weighted by Crippen LogP contribution is 2.35. The fraction of sp³-hybridized carbons (Fsp3) is 0.471. The average molecular weight is 254 g/mol. The Morgan fingerprint density at radius 1 is 1.16 bits per heavy atom. The monoisotopic (exact) mass is 254 g/mol. The van der Waals surface area contributed by atoms with Crippen molar-refractivity contribution < 1.29 is 0 Å². The van der Waals surface area contributed by atoms with Crippen molar-refractivity contribution in [3.63, 3.8) is 0 Å². The lowest BCUT2D eigenvalue weighted by atomic mass is 9.93. The first-order valence-corrected chi connectivity index (χ1v) is 7.40. The first-order chi connectivity index (χ1) is 9.28. The van der Waals surface area contributed by atoms with Crippen LogP contribution in [0.3, 0.4) is 0 Å². The summed E-state index contributed by atoms with van der Waals surface area (Å²) < 4.78 is 0. The van der Waals surface area contributed by atoms with Gasteiger partial charge in [0.15, 0.2) is 0 Å². The molecule has 1 aliphatic rings. The number of nitrogens with one attached hydrogen (secondary N) is 1. The third-order valence-electron chi connectivity index (χ3n) is 4.68. The van der Waals surface area contributed by atoms with Crippen LogP contribution >= 0.6 is 0 Å². The molecule has 1 fully saturated rings. The molecular weight excluding hydrogens is 232 g/mol. The van der Waals surface area contributed by atoms with Gasteiger partial charge in [-0.25, -0.2) is 4.98 Å².